The Morgan fingerprint density at radius 2 is 1.67 bits per heavy atom. The smallest absolute Gasteiger partial charge is 0.412 e. The van der Waals surface area contributed by atoms with Gasteiger partial charge in [-0.15, -0.1) is 0 Å². The molecule has 0 radical (unpaired) electrons. The first-order valence-electron chi connectivity index (χ1n) is 9.37. The normalized spacial score (nSPS) is 10.6. The SMILES string of the molecule is CNC(=O)Oc1cccc(Oc2cccc(-c3c(C)cnc4c(Cl)cccc34)c2)c1. The number of ether oxygens (including phenoxy) is 2. The summed E-state index contributed by atoms with van der Waals surface area (Å²) in [4.78, 5) is 15.9. The molecule has 5 nitrogen and oxygen atoms in total. The molecule has 0 aliphatic carbocycles. The molecule has 0 saturated carbocycles. The Kier molecular flexibility index (Phi) is 5.55. The summed E-state index contributed by atoms with van der Waals surface area (Å²) >= 11 is 6.34. The van der Waals surface area contributed by atoms with Crippen LogP contribution in [0.15, 0.2) is 72.9 Å². The van der Waals surface area contributed by atoms with E-state index in [1.807, 2.05) is 55.6 Å². The molecule has 1 heterocycles. The van der Waals surface area contributed by atoms with Crippen LogP contribution in [0.5, 0.6) is 17.2 Å². The predicted octanol–water partition coefficient (Wildman–Crippen LogP) is 6.37. The summed E-state index contributed by atoms with van der Waals surface area (Å²) in [5, 5.41) is 4.02. The van der Waals surface area contributed by atoms with E-state index in [1.54, 1.807) is 24.3 Å². The van der Waals surface area contributed by atoms with Gasteiger partial charge >= 0.3 is 6.09 Å². The number of para-hydroxylation sites is 1. The van der Waals surface area contributed by atoms with Crippen molar-refractivity contribution in [3.8, 4) is 28.4 Å². The van der Waals surface area contributed by atoms with Crippen LogP contribution in [-0.4, -0.2) is 18.1 Å². The van der Waals surface area contributed by atoms with Crippen LogP contribution in [0.25, 0.3) is 22.0 Å². The van der Waals surface area contributed by atoms with Crippen molar-refractivity contribution < 1.29 is 14.3 Å². The van der Waals surface area contributed by atoms with Crippen LogP contribution in [0.1, 0.15) is 5.56 Å². The lowest BCUT2D eigenvalue weighted by atomic mass is 9.97. The average molecular weight is 419 g/mol. The highest BCUT2D eigenvalue weighted by Crippen LogP contribution is 2.36. The van der Waals surface area contributed by atoms with Gasteiger partial charge in [-0.2, -0.15) is 0 Å². The Morgan fingerprint density at radius 3 is 2.47 bits per heavy atom. The number of benzene rings is 3. The van der Waals surface area contributed by atoms with Gasteiger partial charge in [0, 0.05) is 24.7 Å². The topological polar surface area (TPSA) is 60.5 Å². The summed E-state index contributed by atoms with van der Waals surface area (Å²) in [6.07, 6.45) is 1.30. The zero-order chi connectivity index (χ0) is 21.1. The number of aromatic nitrogens is 1. The molecule has 30 heavy (non-hydrogen) atoms. The van der Waals surface area contributed by atoms with Crippen LogP contribution >= 0.6 is 11.6 Å². The van der Waals surface area contributed by atoms with Crippen molar-refractivity contribution in [1.82, 2.24) is 10.3 Å². The highest BCUT2D eigenvalue weighted by atomic mass is 35.5. The number of aryl methyl sites for hydroxylation is 1. The molecule has 1 N–H and O–H groups in total. The zero-order valence-corrected chi connectivity index (χ0v) is 17.2. The molecule has 1 amide bonds. The fourth-order valence-corrected chi connectivity index (χ4v) is 3.50. The number of amides is 1. The van der Waals surface area contributed by atoms with Gasteiger partial charge in [-0.25, -0.2) is 4.79 Å². The Balaban J connectivity index is 1.69. The van der Waals surface area contributed by atoms with Crippen LogP contribution in [0.4, 0.5) is 4.79 Å². The molecule has 3 aromatic carbocycles. The molecule has 0 unspecified atom stereocenters. The number of carbonyl (C=O) groups excluding carboxylic acids is 1. The second kappa shape index (κ2) is 8.43. The second-order valence-electron chi connectivity index (χ2n) is 6.70. The highest BCUT2D eigenvalue weighted by molar-refractivity contribution is 6.35. The number of pyridine rings is 1. The number of halogens is 1. The van der Waals surface area contributed by atoms with Crippen LogP contribution in [0.2, 0.25) is 5.02 Å². The molecular weight excluding hydrogens is 400 g/mol. The summed E-state index contributed by atoms with van der Waals surface area (Å²) in [6.45, 7) is 2.02. The number of rotatable bonds is 4. The molecular formula is C24H19ClN2O3. The minimum absolute atomic E-state index is 0.397. The minimum Gasteiger partial charge on any atom is -0.457 e. The van der Waals surface area contributed by atoms with Crippen LogP contribution in [0.3, 0.4) is 0 Å². The molecule has 0 bridgehead atoms. The number of nitrogens with zero attached hydrogens (tertiary/aromatic N) is 1. The van der Waals surface area contributed by atoms with E-state index in [0.717, 1.165) is 27.6 Å². The van der Waals surface area contributed by atoms with Crippen LogP contribution in [-0.2, 0) is 0 Å². The number of hydrogen-bond donors (Lipinski definition) is 1. The van der Waals surface area contributed by atoms with Crippen molar-refractivity contribution in [3.05, 3.63) is 83.5 Å². The number of carbonyl (C=O) groups is 1. The van der Waals surface area contributed by atoms with E-state index in [2.05, 4.69) is 10.3 Å². The van der Waals surface area contributed by atoms with Gasteiger partial charge in [0.1, 0.15) is 17.2 Å². The third kappa shape index (κ3) is 4.07. The van der Waals surface area contributed by atoms with Crippen molar-refractivity contribution in [2.45, 2.75) is 6.92 Å². The predicted molar refractivity (Wildman–Crippen MR) is 119 cm³/mol. The van der Waals surface area contributed by atoms with E-state index in [-0.39, 0.29) is 0 Å². The third-order valence-corrected chi connectivity index (χ3v) is 4.92. The van der Waals surface area contributed by atoms with Crippen molar-refractivity contribution >= 4 is 28.6 Å². The summed E-state index contributed by atoms with van der Waals surface area (Å²) in [5.74, 6) is 1.62. The van der Waals surface area contributed by atoms with Crippen molar-refractivity contribution in [3.63, 3.8) is 0 Å². The van der Waals surface area contributed by atoms with Crippen molar-refractivity contribution in [2.75, 3.05) is 7.05 Å². The zero-order valence-electron chi connectivity index (χ0n) is 16.5. The summed E-state index contributed by atoms with van der Waals surface area (Å²) in [5.41, 5.74) is 3.87. The fraction of sp³-hybridized carbons (Fsp3) is 0.0833. The van der Waals surface area contributed by atoms with Crippen molar-refractivity contribution in [2.24, 2.45) is 0 Å². The van der Waals surface area contributed by atoms with Crippen LogP contribution < -0.4 is 14.8 Å². The lowest BCUT2D eigenvalue weighted by Crippen LogP contribution is -2.21. The van der Waals surface area contributed by atoms with E-state index in [1.165, 1.54) is 7.05 Å². The molecule has 0 atom stereocenters. The van der Waals surface area contributed by atoms with Gasteiger partial charge < -0.3 is 14.8 Å². The maximum Gasteiger partial charge on any atom is 0.412 e. The van der Waals surface area contributed by atoms with E-state index < -0.39 is 6.09 Å². The number of fused-ring (bicyclic) bond motifs is 1. The highest BCUT2D eigenvalue weighted by Gasteiger charge is 2.12. The van der Waals surface area contributed by atoms with Gasteiger partial charge in [-0.3, -0.25) is 4.98 Å². The van der Waals surface area contributed by atoms with E-state index in [9.17, 15) is 4.79 Å². The van der Waals surface area contributed by atoms with Gasteiger partial charge in [-0.05, 0) is 53.9 Å². The lowest BCUT2D eigenvalue weighted by Gasteiger charge is -2.13. The molecule has 0 saturated heterocycles. The molecule has 4 aromatic rings. The molecule has 0 spiro atoms. The molecule has 1 aromatic heterocycles. The largest absolute Gasteiger partial charge is 0.457 e. The van der Waals surface area contributed by atoms with Gasteiger partial charge in [0.2, 0.25) is 0 Å². The Morgan fingerprint density at radius 1 is 0.967 bits per heavy atom. The first-order chi connectivity index (χ1) is 14.5. The first-order valence-corrected chi connectivity index (χ1v) is 9.74. The maximum absolute atomic E-state index is 11.4. The van der Waals surface area contributed by atoms with E-state index >= 15 is 0 Å². The maximum atomic E-state index is 11.4. The van der Waals surface area contributed by atoms with Crippen LogP contribution in [0, 0.1) is 6.92 Å². The average Bonchev–Trinajstić information content (AvgIpc) is 2.74. The second-order valence-corrected chi connectivity index (χ2v) is 7.10. The Hall–Kier alpha value is -3.57. The van der Waals surface area contributed by atoms with E-state index in [0.29, 0.717) is 22.3 Å². The minimum atomic E-state index is -0.534. The summed E-state index contributed by atoms with van der Waals surface area (Å²) in [7, 11) is 1.51. The number of hydrogen-bond acceptors (Lipinski definition) is 4. The van der Waals surface area contributed by atoms with Gasteiger partial charge in [0.15, 0.2) is 0 Å². The molecule has 0 aliphatic heterocycles. The van der Waals surface area contributed by atoms with Crippen molar-refractivity contribution in [1.29, 1.82) is 0 Å². The third-order valence-electron chi connectivity index (χ3n) is 4.62. The van der Waals surface area contributed by atoms with Gasteiger partial charge in [-0.1, -0.05) is 41.9 Å². The van der Waals surface area contributed by atoms with Gasteiger partial charge in [0.05, 0.1) is 10.5 Å². The lowest BCUT2D eigenvalue weighted by molar-refractivity contribution is 0.203. The fourth-order valence-electron chi connectivity index (χ4n) is 3.28. The summed E-state index contributed by atoms with van der Waals surface area (Å²) < 4.78 is 11.2. The monoisotopic (exact) mass is 418 g/mol. The molecule has 0 aliphatic rings. The first kappa shape index (κ1) is 19.7. The molecule has 0 fully saturated rings. The molecule has 150 valence electrons. The summed E-state index contributed by atoms with van der Waals surface area (Å²) in [6, 6.07) is 20.5. The van der Waals surface area contributed by atoms with Gasteiger partial charge in [0.25, 0.3) is 0 Å². The molecule has 6 heteroatoms. The quantitative estimate of drug-likeness (QED) is 0.418. The Bertz CT molecular complexity index is 1240. The standard InChI is InChI=1S/C24H19ClN2O3/c1-15-14-27-23-20(10-5-11-21(23)25)22(15)16-6-3-7-17(12-16)29-18-8-4-9-19(13-18)30-24(28)26-2/h3-14H,1-2H3,(H,26,28). The van der Waals surface area contributed by atoms with E-state index in [4.69, 9.17) is 21.1 Å². The number of nitrogens with one attached hydrogen (secondary N) is 1. The Labute approximate surface area is 179 Å². The molecule has 4 rings (SSSR count).